The van der Waals surface area contributed by atoms with Crippen LogP contribution in [0.3, 0.4) is 0 Å². The lowest BCUT2D eigenvalue weighted by Gasteiger charge is -2.56. The van der Waals surface area contributed by atoms with E-state index in [1.807, 2.05) is 19.1 Å². The Hall–Kier alpha value is -0.0631. The van der Waals surface area contributed by atoms with Crippen LogP contribution in [0, 0.1) is 12.3 Å². The van der Waals surface area contributed by atoms with Crippen molar-refractivity contribution < 1.29 is 4.43 Å². The lowest BCUT2D eigenvalue weighted by Crippen LogP contribution is -2.57. The third kappa shape index (κ3) is 4.28. The van der Waals surface area contributed by atoms with Crippen LogP contribution >= 0.6 is 23.2 Å². The Kier molecular flexibility index (Phi) is 7.01. The normalized spacial score (nSPS) is 22.4. The topological polar surface area (TPSA) is 21.3 Å². The van der Waals surface area contributed by atoms with Gasteiger partial charge >= 0.3 is 0 Å². The van der Waals surface area contributed by atoms with Crippen LogP contribution in [0.5, 0.6) is 0 Å². The smallest absolute Gasteiger partial charge is 0.192 e. The number of nitrogens with one attached hydrogen (secondary N) is 1. The Labute approximate surface area is 176 Å². The van der Waals surface area contributed by atoms with E-state index in [0.717, 1.165) is 45.8 Å². The molecule has 152 valence electrons. The van der Waals surface area contributed by atoms with Crippen LogP contribution < -0.4 is 5.32 Å². The van der Waals surface area contributed by atoms with Crippen molar-refractivity contribution in [3.63, 3.8) is 0 Å². The third-order valence-corrected chi connectivity index (χ3v) is 12.7. The summed E-state index contributed by atoms with van der Waals surface area (Å²) in [4.78, 5) is 0. The molecule has 0 aromatic heterocycles. The molecule has 0 aliphatic heterocycles. The van der Waals surface area contributed by atoms with Gasteiger partial charge < -0.3 is 9.74 Å². The predicted octanol–water partition coefficient (Wildman–Crippen LogP) is 7.29. The average Bonchev–Trinajstić information content (AvgIpc) is 2.56. The first-order chi connectivity index (χ1) is 12.9. The number of hydrogen-bond donors (Lipinski definition) is 1. The van der Waals surface area contributed by atoms with Gasteiger partial charge in [-0.25, -0.2) is 0 Å². The molecule has 2 nitrogen and oxygen atoms in total. The molecule has 0 radical (unpaired) electrons. The van der Waals surface area contributed by atoms with Crippen molar-refractivity contribution in [2.45, 2.75) is 90.1 Å². The van der Waals surface area contributed by atoms with Gasteiger partial charge in [0.2, 0.25) is 0 Å². The minimum absolute atomic E-state index is 0.0603. The van der Waals surface area contributed by atoms with Crippen LogP contribution in [0.4, 0.5) is 0 Å². The average molecular weight is 429 g/mol. The highest BCUT2D eigenvalue weighted by atomic mass is 35.5. The molecule has 1 N–H and O–H groups in total. The second-order valence-corrected chi connectivity index (χ2v) is 14.2. The Balaban J connectivity index is 1.82. The summed E-state index contributed by atoms with van der Waals surface area (Å²) in [7, 11) is -1.77. The maximum Gasteiger partial charge on any atom is 0.192 e. The van der Waals surface area contributed by atoms with Crippen LogP contribution in [0.1, 0.15) is 70.1 Å². The molecule has 0 bridgehead atoms. The van der Waals surface area contributed by atoms with Gasteiger partial charge in [0.05, 0.1) is 6.10 Å². The molecule has 0 saturated heterocycles. The minimum atomic E-state index is -1.77. The highest BCUT2D eigenvalue weighted by molar-refractivity contribution is 6.73. The molecule has 1 aromatic rings. The van der Waals surface area contributed by atoms with E-state index in [1.54, 1.807) is 0 Å². The van der Waals surface area contributed by atoms with E-state index in [4.69, 9.17) is 27.6 Å². The molecule has 3 rings (SSSR count). The molecule has 2 saturated carbocycles. The summed E-state index contributed by atoms with van der Waals surface area (Å²) in [5.41, 5.74) is 2.66. The van der Waals surface area contributed by atoms with E-state index in [1.165, 1.54) is 32.1 Å². The second-order valence-electron chi connectivity index (χ2n) is 8.71. The van der Waals surface area contributed by atoms with Gasteiger partial charge in [-0.05, 0) is 73.9 Å². The van der Waals surface area contributed by atoms with E-state index in [-0.39, 0.29) is 6.10 Å². The first-order valence-electron chi connectivity index (χ1n) is 10.8. The van der Waals surface area contributed by atoms with Gasteiger partial charge in [-0.15, -0.1) is 0 Å². The lowest BCUT2D eigenvalue weighted by atomic mass is 9.53. The summed E-state index contributed by atoms with van der Waals surface area (Å²) in [5.74, 6) is 0. The Morgan fingerprint density at radius 3 is 2.11 bits per heavy atom. The number of hydrogen-bond acceptors (Lipinski definition) is 2. The molecule has 0 heterocycles. The molecule has 27 heavy (non-hydrogen) atoms. The van der Waals surface area contributed by atoms with Crippen molar-refractivity contribution >= 4 is 31.5 Å². The Morgan fingerprint density at radius 2 is 1.70 bits per heavy atom. The van der Waals surface area contributed by atoms with Gasteiger partial charge in [-0.2, -0.15) is 0 Å². The predicted molar refractivity (Wildman–Crippen MR) is 120 cm³/mol. The fraction of sp³-hybridized carbons (Fsp3) is 0.727. The first kappa shape index (κ1) is 21.6. The SMILES string of the molecule is CC[Si](CC)(CC)OC(CNC1CCC12CCC2)c1c(Cl)cc(C)cc1Cl. The minimum Gasteiger partial charge on any atom is -0.409 e. The van der Waals surface area contributed by atoms with Gasteiger partial charge in [0.25, 0.3) is 0 Å². The molecule has 2 aliphatic carbocycles. The maximum atomic E-state index is 6.92. The lowest BCUT2D eigenvalue weighted by molar-refractivity contribution is -0.0216. The zero-order valence-electron chi connectivity index (χ0n) is 17.3. The molecule has 5 heteroatoms. The summed E-state index contributed by atoms with van der Waals surface area (Å²) in [6, 6.07) is 8.06. The van der Waals surface area contributed by atoms with Gasteiger partial charge in [0, 0.05) is 28.2 Å². The zero-order chi connectivity index (χ0) is 19.7. The molecule has 2 unspecified atom stereocenters. The number of benzene rings is 1. The zero-order valence-corrected chi connectivity index (χ0v) is 19.8. The fourth-order valence-corrected chi connectivity index (χ4v) is 8.66. The molecule has 1 spiro atoms. The summed E-state index contributed by atoms with van der Waals surface area (Å²) < 4.78 is 6.92. The number of aryl methyl sites for hydroxylation is 1. The fourth-order valence-electron chi connectivity index (χ4n) is 5.02. The summed E-state index contributed by atoms with van der Waals surface area (Å²) in [5, 5.41) is 5.34. The highest BCUT2D eigenvalue weighted by Gasteiger charge is 2.50. The maximum absolute atomic E-state index is 6.92. The Bertz CT molecular complexity index is 621. The molecular formula is C22H35Cl2NOSi. The van der Waals surface area contributed by atoms with Crippen molar-refractivity contribution in [3.05, 3.63) is 33.3 Å². The van der Waals surface area contributed by atoms with Crippen molar-refractivity contribution in [1.29, 1.82) is 0 Å². The molecule has 2 aliphatic rings. The van der Waals surface area contributed by atoms with E-state index in [9.17, 15) is 0 Å². The van der Waals surface area contributed by atoms with Crippen LogP contribution in [0.2, 0.25) is 28.2 Å². The Morgan fingerprint density at radius 1 is 1.11 bits per heavy atom. The van der Waals surface area contributed by atoms with Crippen LogP contribution in [0.25, 0.3) is 0 Å². The highest BCUT2D eigenvalue weighted by Crippen LogP contribution is 2.56. The number of halogens is 2. The second kappa shape index (κ2) is 8.75. The summed E-state index contributed by atoms with van der Waals surface area (Å²) >= 11 is 13.3. The van der Waals surface area contributed by atoms with E-state index >= 15 is 0 Å². The number of rotatable bonds is 9. The van der Waals surface area contributed by atoms with Gasteiger partial charge in [-0.1, -0.05) is 50.4 Å². The van der Waals surface area contributed by atoms with Gasteiger partial charge in [-0.3, -0.25) is 0 Å². The van der Waals surface area contributed by atoms with Crippen molar-refractivity contribution in [2.24, 2.45) is 5.41 Å². The van der Waals surface area contributed by atoms with Crippen LogP contribution in [-0.2, 0) is 4.43 Å². The van der Waals surface area contributed by atoms with E-state index in [0.29, 0.717) is 11.5 Å². The largest absolute Gasteiger partial charge is 0.409 e. The van der Waals surface area contributed by atoms with Crippen molar-refractivity contribution in [1.82, 2.24) is 5.32 Å². The van der Waals surface area contributed by atoms with Gasteiger partial charge in [0.15, 0.2) is 8.32 Å². The standard InChI is InChI=1S/C22H35Cl2NOSi/c1-5-27(6-2,7-3)26-19(21-17(23)13-16(4)14-18(21)24)15-25-20-9-12-22(20)10-8-11-22/h13-14,19-20,25H,5-12,15H2,1-4H3. The third-order valence-electron chi connectivity index (χ3n) is 7.44. The van der Waals surface area contributed by atoms with Crippen LogP contribution in [-0.4, -0.2) is 20.9 Å². The van der Waals surface area contributed by atoms with Crippen molar-refractivity contribution in [3.8, 4) is 0 Å². The monoisotopic (exact) mass is 427 g/mol. The van der Waals surface area contributed by atoms with Crippen molar-refractivity contribution in [2.75, 3.05) is 6.54 Å². The summed E-state index contributed by atoms with van der Waals surface area (Å²) in [6.07, 6.45) is 6.79. The molecule has 2 atom stereocenters. The van der Waals surface area contributed by atoms with E-state index < -0.39 is 8.32 Å². The van der Waals surface area contributed by atoms with Crippen LogP contribution in [0.15, 0.2) is 12.1 Å². The molecular weight excluding hydrogens is 393 g/mol. The molecule has 1 aromatic carbocycles. The van der Waals surface area contributed by atoms with Gasteiger partial charge in [0.1, 0.15) is 0 Å². The quantitative estimate of drug-likeness (QED) is 0.417. The molecule has 0 amide bonds. The molecule has 2 fully saturated rings. The first-order valence-corrected chi connectivity index (χ1v) is 14.0. The summed E-state index contributed by atoms with van der Waals surface area (Å²) in [6.45, 7) is 9.67. The van der Waals surface area contributed by atoms with E-state index in [2.05, 4.69) is 26.1 Å².